The summed E-state index contributed by atoms with van der Waals surface area (Å²) in [4.78, 5) is 10.8. The third-order valence-corrected chi connectivity index (χ3v) is 2.05. The van der Waals surface area contributed by atoms with Gasteiger partial charge in [-0.05, 0) is 24.5 Å². The molecular weight excluding hydrogens is 191 g/mol. The van der Waals surface area contributed by atoms with Gasteiger partial charge in [0.15, 0.2) is 0 Å². The standard InChI is InChI=1S/C11H14O2.Al/c1-2-3-6-9-7-4-5-8-10(9)11(12)13;/h4-5,7-8H,2-3,6H2,1H3,(H,12,13);. The quantitative estimate of drug-likeness (QED) is 0.766. The maximum absolute atomic E-state index is 10.8. The first-order valence-corrected chi connectivity index (χ1v) is 4.57. The lowest BCUT2D eigenvalue weighted by Crippen LogP contribution is -2.01. The van der Waals surface area contributed by atoms with Gasteiger partial charge in [0.25, 0.3) is 0 Å². The number of carboxylic acid groups (broad SMARTS) is 1. The first-order chi connectivity index (χ1) is 6.25. The summed E-state index contributed by atoms with van der Waals surface area (Å²) in [6.07, 6.45) is 3.00. The van der Waals surface area contributed by atoms with Crippen LogP contribution in [0.5, 0.6) is 0 Å². The molecular formula is C11H14AlO2. The summed E-state index contributed by atoms with van der Waals surface area (Å²) in [6.45, 7) is 2.10. The van der Waals surface area contributed by atoms with Crippen molar-refractivity contribution in [3.63, 3.8) is 0 Å². The van der Waals surface area contributed by atoms with Crippen LogP contribution in [0.4, 0.5) is 0 Å². The van der Waals surface area contributed by atoms with Crippen LogP contribution in [0.25, 0.3) is 0 Å². The molecule has 0 aliphatic carbocycles. The Morgan fingerprint density at radius 2 is 2.00 bits per heavy atom. The summed E-state index contributed by atoms with van der Waals surface area (Å²) < 4.78 is 0. The number of aryl methyl sites for hydroxylation is 1. The van der Waals surface area contributed by atoms with Crippen LogP contribution in [-0.2, 0) is 6.42 Å². The molecule has 0 aliphatic heterocycles. The van der Waals surface area contributed by atoms with Crippen molar-refractivity contribution in [3.8, 4) is 0 Å². The molecule has 0 bridgehead atoms. The number of benzene rings is 1. The molecule has 0 heterocycles. The van der Waals surface area contributed by atoms with Crippen LogP contribution in [0.3, 0.4) is 0 Å². The van der Waals surface area contributed by atoms with Crippen LogP contribution >= 0.6 is 0 Å². The second-order valence-electron chi connectivity index (χ2n) is 3.07. The zero-order valence-corrected chi connectivity index (χ0v) is 9.52. The molecule has 73 valence electrons. The molecule has 14 heavy (non-hydrogen) atoms. The highest BCUT2D eigenvalue weighted by Crippen LogP contribution is 2.11. The van der Waals surface area contributed by atoms with Crippen molar-refractivity contribution in [2.24, 2.45) is 0 Å². The number of hydrogen-bond acceptors (Lipinski definition) is 1. The van der Waals surface area contributed by atoms with Gasteiger partial charge >= 0.3 is 5.97 Å². The van der Waals surface area contributed by atoms with E-state index in [1.165, 1.54) is 0 Å². The Bertz CT molecular complexity index is 297. The lowest BCUT2D eigenvalue weighted by atomic mass is 10.0. The van der Waals surface area contributed by atoms with E-state index in [4.69, 9.17) is 5.11 Å². The Labute approximate surface area is 95.1 Å². The van der Waals surface area contributed by atoms with E-state index >= 15 is 0 Å². The molecule has 0 fully saturated rings. The van der Waals surface area contributed by atoms with Gasteiger partial charge in [0, 0.05) is 17.4 Å². The van der Waals surface area contributed by atoms with Gasteiger partial charge in [-0.25, -0.2) is 4.79 Å². The van der Waals surface area contributed by atoms with E-state index in [1.807, 2.05) is 12.1 Å². The molecule has 0 aliphatic rings. The number of rotatable bonds is 4. The molecule has 0 amide bonds. The third kappa shape index (κ3) is 3.53. The number of carboxylic acids is 1. The van der Waals surface area contributed by atoms with Crippen molar-refractivity contribution < 1.29 is 9.90 Å². The summed E-state index contributed by atoms with van der Waals surface area (Å²) in [5, 5.41) is 8.86. The molecule has 3 heteroatoms. The van der Waals surface area contributed by atoms with E-state index in [0.29, 0.717) is 5.56 Å². The van der Waals surface area contributed by atoms with Gasteiger partial charge in [-0.2, -0.15) is 0 Å². The van der Waals surface area contributed by atoms with Gasteiger partial charge in [0.2, 0.25) is 0 Å². The molecule has 0 saturated carbocycles. The number of aromatic carboxylic acids is 1. The fourth-order valence-corrected chi connectivity index (χ4v) is 1.31. The number of unbranched alkanes of at least 4 members (excludes halogenated alkanes) is 1. The van der Waals surface area contributed by atoms with Gasteiger partial charge in [-0.3, -0.25) is 0 Å². The largest absolute Gasteiger partial charge is 0.478 e. The van der Waals surface area contributed by atoms with Crippen molar-refractivity contribution in [1.82, 2.24) is 0 Å². The molecule has 0 aromatic heterocycles. The van der Waals surface area contributed by atoms with Gasteiger partial charge in [-0.1, -0.05) is 31.5 Å². The highest BCUT2D eigenvalue weighted by atomic mass is 27.0. The summed E-state index contributed by atoms with van der Waals surface area (Å²) in [6, 6.07) is 7.20. The lowest BCUT2D eigenvalue weighted by molar-refractivity contribution is 0.0695. The SMILES string of the molecule is CCCCc1ccccc1C(=O)O.[Al]. The third-order valence-electron chi connectivity index (χ3n) is 2.05. The molecule has 0 saturated heterocycles. The Morgan fingerprint density at radius 3 is 2.57 bits per heavy atom. The van der Waals surface area contributed by atoms with Crippen LogP contribution in [0.15, 0.2) is 24.3 Å². The minimum atomic E-state index is -0.827. The van der Waals surface area contributed by atoms with Crippen LogP contribution in [0.2, 0.25) is 0 Å². The maximum Gasteiger partial charge on any atom is 0.335 e. The predicted octanol–water partition coefficient (Wildman–Crippen LogP) is 2.35. The lowest BCUT2D eigenvalue weighted by Gasteiger charge is -2.03. The molecule has 0 unspecified atom stereocenters. The van der Waals surface area contributed by atoms with Crippen molar-refractivity contribution in [2.75, 3.05) is 0 Å². The molecule has 1 rings (SSSR count). The van der Waals surface area contributed by atoms with E-state index in [1.54, 1.807) is 12.1 Å². The van der Waals surface area contributed by atoms with E-state index in [9.17, 15) is 4.79 Å². The Kier molecular flexibility index (Phi) is 6.27. The predicted molar refractivity (Wildman–Crippen MR) is 57.8 cm³/mol. The second-order valence-corrected chi connectivity index (χ2v) is 3.07. The number of carbonyl (C=O) groups is 1. The van der Waals surface area contributed by atoms with Crippen LogP contribution in [0.1, 0.15) is 35.7 Å². The molecule has 1 aromatic rings. The summed E-state index contributed by atoms with van der Waals surface area (Å²) in [5.41, 5.74) is 1.38. The van der Waals surface area contributed by atoms with Gasteiger partial charge in [0.1, 0.15) is 0 Å². The van der Waals surface area contributed by atoms with Crippen LogP contribution < -0.4 is 0 Å². The van der Waals surface area contributed by atoms with Gasteiger partial charge in [-0.15, -0.1) is 0 Å². The minimum Gasteiger partial charge on any atom is -0.478 e. The minimum absolute atomic E-state index is 0. The topological polar surface area (TPSA) is 37.3 Å². The van der Waals surface area contributed by atoms with Gasteiger partial charge in [0.05, 0.1) is 5.56 Å². The molecule has 0 atom stereocenters. The van der Waals surface area contributed by atoms with E-state index in [0.717, 1.165) is 24.8 Å². The van der Waals surface area contributed by atoms with Gasteiger partial charge < -0.3 is 5.11 Å². The van der Waals surface area contributed by atoms with Crippen molar-refractivity contribution in [3.05, 3.63) is 35.4 Å². The van der Waals surface area contributed by atoms with Crippen molar-refractivity contribution in [2.45, 2.75) is 26.2 Å². The van der Waals surface area contributed by atoms with Crippen molar-refractivity contribution in [1.29, 1.82) is 0 Å². The van der Waals surface area contributed by atoms with Crippen LogP contribution in [-0.4, -0.2) is 28.4 Å². The first kappa shape index (κ1) is 13.2. The molecule has 0 spiro atoms. The van der Waals surface area contributed by atoms with E-state index in [-0.39, 0.29) is 17.4 Å². The molecule has 1 aromatic carbocycles. The summed E-state index contributed by atoms with van der Waals surface area (Å²) in [5.74, 6) is -0.827. The van der Waals surface area contributed by atoms with Crippen LogP contribution in [0, 0.1) is 0 Å². The maximum atomic E-state index is 10.8. The Balaban J connectivity index is 0.00000169. The molecule has 3 radical (unpaired) electrons. The fourth-order valence-electron chi connectivity index (χ4n) is 1.31. The summed E-state index contributed by atoms with van der Waals surface area (Å²) in [7, 11) is 0. The average molecular weight is 205 g/mol. The monoisotopic (exact) mass is 205 g/mol. The van der Waals surface area contributed by atoms with Crippen molar-refractivity contribution >= 4 is 23.3 Å². The number of hydrogen-bond donors (Lipinski definition) is 1. The van der Waals surface area contributed by atoms with E-state index in [2.05, 4.69) is 6.92 Å². The van der Waals surface area contributed by atoms with E-state index < -0.39 is 5.97 Å². The smallest absolute Gasteiger partial charge is 0.335 e. The highest BCUT2D eigenvalue weighted by molar-refractivity contribution is 5.89. The molecule has 1 N–H and O–H groups in total. The normalized spacial score (nSPS) is 9.21. The first-order valence-electron chi connectivity index (χ1n) is 4.57. The highest BCUT2D eigenvalue weighted by Gasteiger charge is 2.07. The zero-order valence-electron chi connectivity index (χ0n) is 8.36. The Hall–Kier alpha value is -0.778. The second kappa shape index (κ2) is 6.64. The molecule has 2 nitrogen and oxygen atoms in total. The fraction of sp³-hybridized carbons (Fsp3) is 0.364. The average Bonchev–Trinajstić information content (AvgIpc) is 2.15. The summed E-state index contributed by atoms with van der Waals surface area (Å²) >= 11 is 0. The Morgan fingerprint density at radius 1 is 1.36 bits per heavy atom. The zero-order chi connectivity index (χ0) is 9.68.